The Kier molecular flexibility index (Phi) is 4.13. The number of benzene rings is 1. The van der Waals surface area contributed by atoms with Crippen LogP contribution in [0.3, 0.4) is 0 Å². The van der Waals surface area contributed by atoms with Gasteiger partial charge in [-0.1, -0.05) is 25.1 Å². The van der Waals surface area contributed by atoms with Crippen LogP contribution >= 0.6 is 0 Å². The fourth-order valence-corrected chi connectivity index (χ4v) is 2.74. The van der Waals surface area contributed by atoms with Crippen molar-refractivity contribution in [3.05, 3.63) is 35.6 Å². The largest absolute Gasteiger partial charge is 0.327 e. The zero-order valence-electron chi connectivity index (χ0n) is 10.4. The van der Waals surface area contributed by atoms with E-state index in [9.17, 15) is 4.39 Å². The maximum absolute atomic E-state index is 13.8. The fraction of sp³-hybridized carbons (Fsp3) is 0.571. The minimum Gasteiger partial charge on any atom is -0.327 e. The Hall–Kier alpha value is -0.930. The van der Waals surface area contributed by atoms with Gasteiger partial charge in [0, 0.05) is 24.2 Å². The first-order chi connectivity index (χ1) is 8.22. The summed E-state index contributed by atoms with van der Waals surface area (Å²) in [6.45, 7) is 4.02. The van der Waals surface area contributed by atoms with E-state index < -0.39 is 0 Å². The summed E-state index contributed by atoms with van der Waals surface area (Å²) in [5, 5.41) is 0. The number of rotatable bonds is 3. The lowest BCUT2D eigenvalue weighted by Gasteiger charge is -2.37. The van der Waals surface area contributed by atoms with Crippen LogP contribution in [0.2, 0.25) is 0 Å². The second kappa shape index (κ2) is 5.61. The van der Waals surface area contributed by atoms with Gasteiger partial charge < -0.3 is 5.73 Å². The van der Waals surface area contributed by atoms with E-state index in [0.29, 0.717) is 0 Å². The molecule has 0 aliphatic carbocycles. The first kappa shape index (κ1) is 12.5. The highest BCUT2D eigenvalue weighted by atomic mass is 19.1. The highest BCUT2D eigenvalue weighted by molar-refractivity contribution is 5.21. The zero-order valence-corrected chi connectivity index (χ0v) is 10.4. The molecule has 1 aliphatic heterocycles. The van der Waals surface area contributed by atoms with Crippen molar-refractivity contribution in [2.24, 2.45) is 5.73 Å². The van der Waals surface area contributed by atoms with Crippen LogP contribution in [0.4, 0.5) is 4.39 Å². The van der Waals surface area contributed by atoms with Crippen LogP contribution in [0.5, 0.6) is 0 Å². The third kappa shape index (κ3) is 2.85. The summed E-state index contributed by atoms with van der Waals surface area (Å²) in [6, 6.07) is 7.50. The van der Waals surface area contributed by atoms with Gasteiger partial charge in [-0.05, 0) is 31.9 Å². The number of nitrogens with two attached hydrogens (primary N) is 1. The Morgan fingerprint density at radius 3 is 2.88 bits per heavy atom. The molecule has 2 atom stereocenters. The van der Waals surface area contributed by atoms with Crippen LogP contribution in [-0.2, 0) is 0 Å². The Morgan fingerprint density at radius 2 is 2.24 bits per heavy atom. The molecule has 2 unspecified atom stereocenters. The summed E-state index contributed by atoms with van der Waals surface area (Å²) in [7, 11) is 0. The van der Waals surface area contributed by atoms with E-state index in [-0.39, 0.29) is 17.9 Å². The van der Waals surface area contributed by atoms with Crippen molar-refractivity contribution in [1.82, 2.24) is 4.90 Å². The van der Waals surface area contributed by atoms with Crippen LogP contribution in [0.25, 0.3) is 0 Å². The monoisotopic (exact) mass is 236 g/mol. The van der Waals surface area contributed by atoms with Crippen LogP contribution in [0.15, 0.2) is 24.3 Å². The van der Waals surface area contributed by atoms with Gasteiger partial charge in [-0.25, -0.2) is 4.39 Å². The van der Waals surface area contributed by atoms with Crippen molar-refractivity contribution >= 4 is 0 Å². The van der Waals surface area contributed by atoms with Gasteiger partial charge in [-0.2, -0.15) is 0 Å². The molecule has 1 heterocycles. The lowest BCUT2D eigenvalue weighted by Crippen LogP contribution is -2.44. The Bertz CT molecular complexity index is 367. The van der Waals surface area contributed by atoms with Gasteiger partial charge in [0.15, 0.2) is 0 Å². The molecule has 0 radical (unpaired) electrons. The highest BCUT2D eigenvalue weighted by Crippen LogP contribution is 2.28. The average molecular weight is 236 g/mol. The van der Waals surface area contributed by atoms with E-state index >= 15 is 0 Å². The van der Waals surface area contributed by atoms with E-state index in [1.54, 1.807) is 12.1 Å². The molecule has 1 saturated heterocycles. The van der Waals surface area contributed by atoms with Gasteiger partial charge >= 0.3 is 0 Å². The molecule has 2 N–H and O–H groups in total. The number of nitrogens with zero attached hydrogens (tertiary/aromatic N) is 1. The summed E-state index contributed by atoms with van der Waals surface area (Å²) in [4.78, 5) is 2.33. The molecule has 2 rings (SSSR count). The van der Waals surface area contributed by atoms with Crippen LogP contribution in [-0.4, -0.2) is 24.0 Å². The highest BCUT2D eigenvalue weighted by Gasteiger charge is 2.25. The predicted octanol–water partition coefficient (Wildman–Crippen LogP) is 2.70. The first-order valence-electron chi connectivity index (χ1n) is 6.46. The molecular weight excluding hydrogens is 215 g/mol. The number of piperidine rings is 1. The predicted molar refractivity (Wildman–Crippen MR) is 68.2 cm³/mol. The summed E-state index contributed by atoms with van der Waals surface area (Å²) < 4.78 is 13.8. The number of halogens is 1. The smallest absolute Gasteiger partial charge is 0.127 e. The third-order valence-corrected chi connectivity index (χ3v) is 3.58. The molecule has 17 heavy (non-hydrogen) atoms. The lowest BCUT2D eigenvalue weighted by atomic mass is 9.98. The van der Waals surface area contributed by atoms with Crippen molar-refractivity contribution in [3.8, 4) is 0 Å². The van der Waals surface area contributed by atoms with Gasteiger partial charge in [-0.3, -0.25) is 4.90 Å². The quantitative estimate of drug-likeness (QED) is 0.874. The molecule has 1 aromatic rings. The van der Waals surface area contributed by atoms with Crippen molar-refractivity contribution < 1.29 is 4.39 Å². The van der Waals surface area contributed by atoms with Crippen LogP contribution < -0.4 is 5.73 Å². The van der Waals surface area contributed by atoms with E-state index in [1.165, 1.54) is 0 Å². The minimum atomic E-state index is -0.0986. The summed E-state index contributed by atoms with van der Waals surface area (Å²) in [6.07, 6.45) is 3.13. The molecular formula is C14H21FN2. The number of hydrogen-bond acceptors (Lipinski definition) is 2. The topological polar surface area (TPSA) is 29.3 Å². The summed E-state index contributed by atoms with van der Waals surface area (Å²) >= 11 is 0. The molecule has 1 fully saturated rings. The first-order valence-corrected chi connectivity index (χ1v) is 6.46. The van der Waals surface area contributed by atoms with Crippen molar-refractivity contribution in [2.45, 2.75) is 38.3 Å². The molecule has 0 bridgehead atoms. The van der Waals surface area contributed by atoms with Gasteiger partial charge in [0.25, 0.3) is 0 Å². The number of hydrogen-bond donors (Lipinski definition) is 1. The second-order valence-corrected chi connectivity index (χ2v) is 4.84. The molecule has 0 amide bonds. The standard InChI is InChI=1S/C14H21FN2/c1-2-14(12-7-3-4-8-13(12)15)17-9-5-6-11(16)10-17/h3-4,7-8,11,14H,2,5-6,9-10,16H2,1H3. The molecule has 1 aromatic carbocycles. The molecule has 94 valence electrons. The third-order valence-electron chi connectivity index (χ3n) is 3.58. The maximum atomic E-state index is 13.8. The summed E-state index contributed by atoms with van der Waals surface area (Å²) in [5.74, 6) is -0.0986. The Balaban J connectivity index is 2.18. The average Bonchev–Trinajstić information content (AvgIpc) is 2.33. The van der Waals surface area contributed by atoms with Gasteiger partial charge in [0.2, 0.25) is 0 Å². The molecule has 0 spiro atoms. The Morgan fingerprint density at radius 1 is 1.47 bits per heavy atom. The molecule has 0 saturated carbocycles. The van der Waals surface area contributed by atoms with Crippen molar-refractivity contribution in [2.75, 3.05) is 13.1 Å². The maximum Gasteiger partial charge on any atom is 0.127 e. The van der Waals surface area contributed by atoms with Gasteiger partial charge in [-0.15, -0.1) is 0 Å². The summed E-state index contributed by atoms with van der Waals surface area (Å²) in [5.41, 5.74) is 6.81. The molecule has 0 aromatic heterocycles. The van der Waals surface area contributed by atoms with Crippen molar-refractivity contribution in [3.63, 3.8) is 0 Å². The normalized spacial score (nSPS) is 23.6. The van der Waals surface area contributed by atoms with Crippen LogP contribution in [0, 0.1) is 5.82 Å². The van der Waals surface area contributed by atoms with E-state index in [1.807, 2.05) is 12.1 Å². The number of likely N-dealkylation sites (tertiary alicyclic amines) is 1. The van der Waals surface area contributed by atoms with E-state index in [0.717, 1.165) is 37.9 Å². The minimum absolute atomic E-state index is 0.0986. The van der Waals surface area contributed by atoms with E-state index in [4.69, 9.17) is 5.73 Å². The van der Waals surface area contributed by atoms with Crippen molar-refractivity contribution in [1.29, 1.82) is 0 Å². The molecule has 2 nitrogen and oxygen atoms in total. The zero-order chi connectivity index (χ0) is 12.3. The molecule has 1 aliphatic rings. The van der Waals surface area contributed by atoms with Gasteiger partial charge in [0.1, 0.15) is 5.82 Å². The lowest BCUT2D eigenvalue weighted by molar-refractivity contribution is 0.143. The van der Waals surface area contributed by atoms with Crippen LogP contribution in [0.1, 0.15) is 37.8 Å². The van der Waals surface area contributed by atoms with Gasteiger partial charge in [0.05, 0.1) is 0 Å². The van der Waals surface area contributed by atoms with E-state index in [2.05, 4.69) is 11.8 Å². The second-order valence-electron chi connectivity index (χ2n) is 4.84. The SMILES string of the molecule is CCC(c1ccccc1F)N1CCCC(N)C1. The fourth-order valence-electron chi connectivity index (χ4n) is 2.74. The Labute approximate surface area is 103 Å². The molecule has 3 heteroatoms.